The predicted molar refractivity (Wildman–Crippen MR) is 54.8 cm³/mol. The van der Waals surface area contributed by atoms with E-state index in [2.05, 4.69) is 24.1 Å². The number of aliphatic hydroxyl groups excluding tert-OH is 1. The molecule has 0 aromatic heterocycles. The van der Waals surface area contributed by atoms with Crippen molar-refractivity contribution in [3.63, 3.8) is 0 Å². The topological polar surface area (TPSA) is 35.5 Å². The summed E-state index contributed by atoms with van der Waals surface area (Å²) < 4.78 is 0. The van der Waals surface area contributed by atoms with E-state index in [0.717, 1.165) is 19.6 Å². The molecule has 2 unspecified atom stereocenters. The molecule has 1 heterocycles. The van der Waals surface area contributed by atoms with Crippen LogP contribution in [-0.2, 0) is 0 Å². The molecule has 0 spiro atoms. The van der Waals surface area contributed by atoms with Crippen LogP contribution in [0.5, 0.6) is 0 Å². The highest BCUT2D eigenvalue weighted by Gasteiger charge is 2.14. The Kier molecular flexibility index (Phi) is 4.70. The number of nitrogens with zero attached hydrogens (tertiary/aromatic N) is 1. The van der Waals surface area contributed by atoms with Gasteiger partial charge in [0.2, 0.25) is 0 Å². The SMILES string of the molecule is CC(CO)CN1CCNC(C)CC1. The van der Waals surface area contributed by atoms with Gasteiger partial charge in [-0.1, -0.05) is 6.92 Å². The van der Waals surface area contributed by atoms with Gasteiger partial charge in [-0.3, -0.25) is 0 Å². The summed E-state index contributed by atoms with van der Waals surface area (Å²) >= 11 is 0. The minimum atomic E-state index is 0.305. The second-order valence-electron chi connectivity index (χ2n) is 4.23. The molecule has 1 rings (SSSR count). The first-order valence-corrected chi connectivity index (χ1v) is 5.29. The average Bonchev–Trinajstić information content (AvgIpc) is 2.31. The number of hydrogen-bond acceptors (Lipinski definition) is 3. The Labute approximate surface area is 81.1 Å². The van der Waals surface area contributed by atoms with Gasteiger partial charge in [-0.15, -0.1) is 0 Å². The van der Waals surface area contributed by atoms with Crippen molar-refractivity contribution in [2.45, 2.75) is 26.3 Å². The number of rotatable bonds is 3. The second kappa shape index (κ2) is 5.58. The summed E-state index contributed by atoms with van der Waals surface area (Å²) in [5.41, 5.74) is 0. The van der Waals surface area contributed by atoms with Crippen LogP contribution in [0.4, 0.5) is 0 Å². The van der Waals surface area contributed by atoms with Gasteiger partial charge in [0.1, 0.15) is 0 Å². The first-order chi connectivity index (χ1) is 6.22. The molecule has 1 saturated heterocycles. The predicted octanol–water partition coefficient (Wildman–Crippen LogP) is 0.299. The van der Waals surface area contributed by atoms with Crippen LogP contribution in [0.2, 0.25) is 0 Å². The van der Waals surface area contributed by atoms with Crippen LogP contribution in [0.3, 0.4) is 0 Å². The van der Waals surface area contributed by atoms with Crippen LogP contribution >= 0.6 is 0 Å². The van der Waals surface area contributed by atoms with Gasteiger partial charge in [-0.2, -0.15) is 0 Å². The number of aliphatic hydroxyl groups is 1. The van der Waals surface area contributed by atoms with Crippen molar-refractivity contribution < 1.29 is 5.11 Å². The van der Waals surface area contributed by atoms with Crippen molar-refractivity contribution in [3.05, 3.63) is 0 Å². The molecule has 3 nitrogen and oxygen atoms in total. The van der Waals surface area contributed by atoms with Gasteiger partial charge < -0.3 is 15.3 Å². The van der Waals surface area contributed by atoms with Crippen molar-refractivity contribution in [1.29, 1.82) is 0 Å². The van der Waals surface area contributed by atoms with Gasteiger partial charge in [0.15, 0.2) is 0 Å². The molecule has 0 amide bonds. The molecule has 13 heavy (non-hydrogen) atoms. The van der Waals surface area contributed by atoms with E-state index in [4.69, 9.17) is 5.11 Å². The largest absolute Gasteiger partial charge is 0.396 e. The molecule has 2 N–H and O–H groups in total. The lowest BCUT2D eigenvalue weighted by Gasteiger charge is -2.22. The third-order valence-corrected chi connectivity index (χ3v) is 2.68. The van der Waals surface area contributed by atoms with Crippen molar-refractivity contribution in [2.24, 2.45) is 5.92 Å². The van der Waals surface area contributed by atoms with Crippen LogP contribution in [0.1, 0.15) is 20.3 Å². The minimum absolute atomic E-state index is 0.305. The van der Waals surface area contributed by atoms with E-state index >= 15 is 0 Å². The molecule has 1 aliphatic rings. The van der Waals surface area contributed by atoms with Gasteiger partial charge in [0, 0.05) is 32.3 Å². The van der Waals surface area contributed by atoms with E-state index < -0.39 is 0 Å². The maximum absolute atomic E-state index is 8.95. The van der Waals surface area contributed by atoms with Crippen molar-refractivity contribution >= 4 is 0 Å². The second-order valence-corrected chi connectivity index (χ2v) is 4.23. The first-order valence-electron chi connectivity index (χ1n) is 5.29. The number of nitrogens with one attached hydrogen (secondary N) is 1. The normalized spacial score (nSPS) is 28.4. The molecular formula is C10H22N2O. The molecule has 2 atom stereocenters. The molecular weight excluding hydrogens is 164 g/mol. The first kappa shape index (κ1) is 11.0. The van der Waals surface area contributed by atoms with Gasteiger partial charge in [0.25, 0.3) is 0 Å². The highest BCUT2D eigenvalue weighted by molar-refractivity contribution is 4.72. The summed E-state index contributed by atoms with van der Waals surface area (Å²) in [6.45, 7) is 9.04. The van der Waals surface area contributed by atoms with E-state index in [1.54, 1.807) is 0 Å². The molecule has 0 aliphatic carbocycles. The third kappa shape index (κ3) is 4.07. The lowest BCUT2D eigenvalue weighted by molar-refractivity contribution is 0.178. The zero-order valence-corrected chi connectivity index (χ0v) is 8.79. The third-order valence-electron chi connectivity index (χ3n) is 2.68. The standard InChI is InChI=1S/C10H22N2O/c1-9(8-13)7-12-5-3-10(2)11-4-6-12/h9-11,13H,3-8H2,1-2H3. The Balaban J connectivity index is 2.25. The number of hydrogen-bond donors (Lipinski definition) is 2. The van der Waals surface area contributed by atoms with E-state index in [0.29, 0.717) is 18.6 Å². The molecule has 0 radical (unpaired) electrons. The van der Waals surface area contributed by atoms with E-state index in [1.165, 1.54) is 13.0 Å². The molecule has 1 aliphatic heterocycles. The molecule has 0 aromatic rings. The molecule has 0 aromatic carbocycles. The van der Waals surface area contributed by atoms with Gasteiger partial charge in [-0.05, 0) is 25.8 Å². The van der Waals surface area contributed by atoms with Crippen LogP contribution in [0, 0.1) is 5.92 Å². The smallest absolute Gasteiger partial charge is 0.0468 e. The molecule has 78 valence electrons. The van der Waals surface area contributed by atoms with Gasteiger partial charge in [-0.25, -0.2) is 0 Å². The van der Waals surface area contributed by atoms with Crippen LogP contribution in [0.25, 0.3) is 0 Å². The summed E-state index contributed by atoms with van der Waals surface area (Å²) in [5.74, 6) is 0.411. The summed E-state index contributed by atoms with van der Waals surface area (Å²) in [6.07, 6.45) is 1.22. The lowest BCUT2D eigenvalue weighted by atomic mass is 10.1. The van der Waals surface area contributed by atoms with Crippen LogP contribution in [-0.4, -0.2) is 48.8 Å². The van der Waals surface area contributed by atoms with E-state index in [1.807, 2.05) is 0 Å². The fourth-order valence-electron chi connectivity index (χ4n) is 1.74. The van der Waals surface area contributed by atoms with Crippen molar-refractivity contribution in [2.75, 3.05) is 32.8 Å². The van der Waals surface area contributed by atoms with Crippen molar-refractivity contribution in [1.82, 2.24) is 10.2 Å². The maximum atomic E-state index is 8.95. The van der Waals surface area contributed by atoms with Crippen molar-refractivity contribution in [3.8, 4) is 0 Å². The Morgan fingerprint density at radius 3 is 3.00 bits per heavy atom. The lowest BCUT2D eigenvalue weighted by Crippen LogP contribution is -2.33. The van der Waals surface area contributed by atoms with Gasteiger partial charge in [0.05, 0.1) is 0 Å². The monoisotopic (exact) mass is 186 g/mol. The molecule has 1 fully saturated rings. The molecule has 0 saturated carbocycles. The van der Waals surface area contributed by atoms with Gasteiger partial charge >= 0.3 is 0 Å². The summed E-state index contributed by atoms with van der Waals surface area (Å²) in [5, 5.41) is 12.4. The highest BCUT2D eigenvalue weighted by atomic mass is 16.3. The van der Waals surface area contributed by atoms with Crippen LogP contribution < -0.4 is 5.32 Å². The summed E-state index contributed by atoms with van der Waals surface area (Å²) in [6, 6.07) is 0.648. The maximum Gasteiger partial charge on any atom is 0.0468 e. The molecule has 0 bridgehead atoms. The Bertz CT molecular complexity index is 141. The quantitative estimate of drug-likeness (QED) is 0.665. The zero-order chi connectivity index (χ0) is 9.68. The Hall–Kier alpha value is -0.120. The Morgan fingerprint density at radius 1 is 1.54 bits per heavy atom. The van der Waals surface area contributed by atoms with Crippen LogP contribution in [0.15, 0.2) is 0 Å². The van der Waals surface area contributed by atoms with E-state index in [9.17, 15) is 0 Å². The summed E-state index contributed by atoms with van der Waals surface area (Å²) in [7, 11) is 0. The highest BCUT2D eigenvalue weighted by Crippen LogP contribution is 2.04. The Morgan fingerprint density at radius 2 is 2.31 bits per heavy atom. The average molecular weight is 186 g/mol. The summed E-state index contributed by atoms with van der Waals surface area (Å²) in [4.78, 5) is 2.44. The fraction of sp³-hybridized carbons (Fsp3) is 1.00. The zero-order valence-electron chi connectivity index (χ0n) is 8.79. The fourth-order valence-corrected chi connectivity index (χ4v) is 1.74. The minimum Gasteiger partial charge on any atom is -0.396 e. The van der Waals surface area contributed by atoms with E-state index in [-0.39, 0.29) is 0 Å². The molecule has 3 heteroatoms.